The van der Waals surface area contributed by atoms with Gasteiger partial charge in [0.15, 0.2) is 0 Å². The van der Waals surface area contributed by atoms with E-state index in [0.717, 1.165) is 35.1 Å². The average Bonchev–Trinajstić information content (AvgIpc) is 2.50. The van der Waals surface area contributed by atoms with E-state index < -0.39 is 0 Å². The summed E-state index contributed by atoms with van der Waals surface area (Å²) in [4.78, 5) is 29.2. The summed E-state index contributed by atoms with van der Waals surface area (Å²) in [6.45, 7) is 2.70. The van der Waals surface area contributed by atoms with Crippen LogP contribution in [0.2, 0.25) is 0 Å². The van der Waals surface area contributed by atoms with Gasteiger partial charge in [0, 0.05) is 15.8 Å². The number of carbonyl (C=O) groups excluding carboxylic acids is 2. The molecule has 0 aliphatic carbocycles. The molecule has 0 radical (unpaired) electrons. The first kappa shape index (κ1) is 14.8. The van der Waals surface area contributed by atoms with Crippen molar-refractivity contribution in [3.05, 3.63) is 27.8 Å². The third-order valence-corrected chi connectivity index (χ3v) is 5.05. The largest absolute Gasteiger partial charge is 0.329 e. The highest BCUT2D eigenvalue weighted by Gasteiger charge is 2.46. The van der Waals surface area contributed by atoms with E-state index in [1.165, 1.54) is 0 Å². The predicted molar refractivity (Wildman–Crippen MR) is 90.1 cm³/mol. The van der Waals surface area contributed by atoms with Crippen LogP contribution in [-0.2, 0) is 9.59 Å². The summed E-state index contributed by atoms with van der Waals surface area (Å²) in [7, 11) is 0. The highest BCUT2D eigenvalue weighted by molar-refractivity contribution is 14.1. The monoisotopic (exact) mass is 398 g/mol. The number of carbonyl (C=O) groups is 2. The average molecular weight is 398 g/mol. The zero-order valence-corrected chi connectivity index (χ0v) is 14.2. The van der Waals surface area contributed by atoms with Crippen LogP contribution in [0.4, 0.5) is 5.69 Å². The Morgan fingerprint density at radius 1 is 1.24 bits per heavy atom. The highest BCUT2D eigenvalue weighted by atomic mass is 127. The fraction of sp³-hybridized carbons (Fsp3) is 0.500. The number of rotatable bonds is 2. The van der Waals surface area contributed by atoms with Crippen LogP contribution >= 0.6 is 22.6 Å². The minimum absolute atomic E-state index is 0.0863. The fourth-order valence-corrected chi connectivity index (χ4v) is 3.89. The van der Waals surface area contributed by atoms with Crippen molar-refractivity contribution in [2.24, 2.45) is 0 Å². The Morgan fingerprint density at radius 3 is 2.76 bits per heavy atom. The van der Waals surface area contributed by atoms with E-state index in [-0.39, 0.29) is 23.9 Å². The molecule has 2 amide bonds. The first-order chi connectivity index (χ1) is 10.1. The lowest BCUT2D eigenvalue weighted by molar-refractivity contribution is -0.148. The van der Waals surface area contributed by atoms with E-state index in [2.05, 4.69) is 22.6 Å². The zero-order chi connectivity index (χ0) is 15.0. The third-order valence-electron chi connectivity index (χ3n) is 4.38. The smallest absolute Gasteiger partial charge is 0.250 e. The number of hydrogen-bond acceptors (Lipinski definition) is 2. The minimum Gasteiger partial charge on any atom is -0.329 e. The second-order valence-electron chi connectivity index (χ2n) is 5.66. The van der Waals surface area contributed by atoms with Crippen LogP contribution in [0.25, 0.3) is 0 Å². The van der Waals surface area contributed by atoms with Crippen molar-refractivity contribution in [1.29, 1.82) is 0 Å². The van der Waals surface area contributed by atoms with Gasteiger partial charge in [0.05, 0.1) is 0 Å². The maximum Gasteiger partial charge on any atom is 0.250 e. The Labute approximate surface area is 138 Å². The molecule has 2 aliphatic rings. The molecule has 0 aromatic heterocycles. The molecular weight excluding hydrogens is 379 g/mol. The number of benzene rings is 1. The van der Waals surface area contributed by atoms with E-state index in [0.29, 0.717) is 6.42 Å². The molecular formula is C16H19IN2O2. The molecule has 3 rings (SSSR count). The molecule has 2 saturated heterocycles. The van der Waals surface area contributed by atoms with Crippen molar-refractivity contribution in [2.45, 2.75) is 44.7 Å². The molecule has 21 heavy (non-hydrogen) atoms. The highest BCUT2D eigenvalue weighted by Crippen LogP contribution is 2.31. The summed E-state index contributed by atoms with van der Waals surface area (Å²) < 4.78 is 1.08. The second kappa shape index (κ2) is 5.94. The van der Waals surface area contributed by atoms with Crippen molar-refractivity contribution in [1.82, 2.24) is 4.90 Å². The predicted octanol–water partition coefficient (Wildman–Crippen LogP) is 2.80. The molecule has 2 heterocycles. The van der Waals surface area contributed by atoms with Crippen LogP contribution in [0, 0.1) is 3.57 Å². The number of halogens is 1. The number of nitrogens with zero attached hydrogens (tertiary/aromatic N) is 2. The Bertz CT molecular complexity index is 575. The van der Waals surface area contributed by atoms with Crippen LogP contribution in [0.5, 0.6) is 0 Å². The number of amides is 2. The van der Waals surface area contributed by atoms with Gasteiger partial charge in [0.25, 0.3) is 5.91 Å². The second-order valence-corrected chi connectivity index (χ2v) is 6.90. The first-order valence-electron chi connectivity index (χ1n) is 7.52. The number of anilines is 1. The van der Waals surface area contributed by atoms with Crippen LogP contribution in [0.1, 0.15) is 32.6 Å². The van der Waals surface area contributed by atoms with E-state index in [4.69, 9.17) is 0 Å². The first-order valence-corrected chi connectivity index (χ1v) is 8.60. The Morgan fingerprint density at radius 2 is 2.05 bits per heavy atom. The molecule has 112 valence electrons. The van der Waals surface area contributed by atoms with Gasteiger partial charge < -0.3 is 4.90 Å². The molecule has 4 nitrogen and oxygen atoms in total. The van der Waals surface area contributed by atoms with Gasteiger partial charge in [-0.3, -0.25) is 14.5 Å². The number of piperidine rings is 1. The van der Waals surface area contributed by atoms with Crippen molar-refractivity contribution in [2.75, 3.05) is 11.4 Å². The topological polar surface area (TPSA) is 40.6 Å². The zero-order valence-electron chi connectivity index (χ0n) is 12.1. The molecule has 2 fully saturated rings. The summed E-state index contributed by atoms with van der Waals surface area (Å²) in [6.07, 6.45) is 3.48. The molecule has 0 saturated carbocycles. The molecule has 2 atom stereocenters. The normalized spacial score (nSPS) is 26.0. The molecule has 2 unspecified atom stereocenters. The molecule has 1 aromatic rings. The summed E-state index contributed by atoms with van der Waals surface area (Å²) in [5, 5.41) is 0. The van der Waals surface area contributed by atoms with Crippen molar-refractivity contribution >= 4 is 40.1 Å². The van der Waals surface area contributed by atoms with Crippen molar-refractivity contribution < 1.29 is 9.59 Å². The van der Waals surface area contributed by atoms with Crippen molar-refractivity contribution in [3.63, 3.8) is 0 Å². The van der Waals surface area contributed by atoms with Gasteiger partial charge in [-0.15, -0.1) is 0 Å². The molecule has 0 bridgehead atoms. The number of hydrogen-bond donors (Lipinski definition) is 0. The minimum atomic E-state index is -0.356. The maximum absolute atomic E-state index is 12.9. The summed E-state index contributed by atoms with van der Waals surface area (Å²) in [5.74, 6) is 0.198. The molecule has 1 aromatic carbocycles. The Hall–Kier alpha value is -1.11. The van der Waals surface area contributed by atoms with Crippen LogP contribution in [0.3, 0.4) is 0 Å². The quantitative estimate of drug-likeness (QED) is 0.719. The lowest BCUT2D eigenvalue weighted by atomic mass is 9.94. The van der Waals surface area contributed by atoms with Crippen LogP contribution in [0.15, 0.2) is 24.3 Å². The fourth-order valence-electron chi connectivity index (χ4n) is 3.36. The van der Waals surface area contributed by atoms with E-state index in [9.17, 15) is 9.59 Å². The van der Waals surface area contributed by atoms with Gasteiger partial charge in [0.2, 0.25) is 5.91 Å². The maximum atomic E-state index is 12.9. The van der Waals surface area contributed by atoms with E-state index in [1.54, 1.807) is 4.90 Å². The van der Waals surface area contributed by atoms with Crippen LogP contribution < -0.4 is 4.90 Å². The lowest BCUT2D eigenvalue weighted by Gasteiger charge is -2.46. The molecule has 0 spiro atoms. The van der Waals surface area contributed by atoms with Gasteiger partial charge in [-0.1, -0.05) is 13.0 Å². The molecule has 5 heteroatoms. The lowest BCUT2D eigenvalue weighted by Crippen LogP contribution is -2.66. The van der Waals surface area contributed by atoms with Gasteiger partial charge in [0.1, 0.15) is 12.1 Å². The van der Waals surface area contributed by atoms with Gasteiger partial charge in [-0.2, -0.15) is 0 Å². The molecule has 0 N–H and O–H groups in total. The SMILES string of the molecule is CCC1C(=O)N2CCCCC2C(=O)N1c1cccc(I)c1. The standard InChI is InChI=1S/C16H19IN2O2/c1-2-13-15(20)18-9-4-3-8-14(18)16(21)19(13)12-7-5-6-11(17)10-12/h5-7,10,13-14H,2-4,8-9H2,1H3. The Balaban J connectivity index is 2.01. The number of piperazine rings is 1. The Kier molecular flexibility index (Phi) is 4.19. The third kappa shape index (κ3) is 2.56. The van der Waals surface area contributed by atoms with Gasteiger partial charge >= 0.3 is 0 Å². The summed E-state index contributed by atoms with van der Waals surface area (Å²) >= 11 is 2.24. The summed E-state index contributed by atoms with van der Waals surface area (Å²) in [6, 6.07) is 7.22. The van der Waals surface area contributed by atoms with Gasteiger partial charge in [-0.25, -0.2) is 0 Å². The van der Waals surface area contributed by atoms with Gasteiger partial charge in [-0.05, 0) is 66.5 Å². The van der Waals surface area contributed by atoms with E-state index in [1.807, 2.05) is 36.1 Å². The van der Waals surface area contributed by atoms with Crippen molar-refractivity contribution in [3.8, 4) is 0 Å². The van der Waals surface area contributed by atoms with Crippen LogP contribution in [-0.4, -0.2) is 35.3 Å². The number of fused-ring (bicyclic) bond motifs is 1. The summed E-state index contributed by atoms with van der Waals surface area (Å²) in [5.41, 5.74) is 0.845. The molecule has 2 aliphatic heterocycles. The van der Waals surface area contributed by atoms with E-state index >= 15 is 0 Å².